The van der Waals surface area contributed by atoms with Crippen LogP contribution in [-0.2, 0) is 6.42 Å². The van der Waals surface area contributed by atoms with Gasteiger partial charge in [-0.1, -0.05) is 45.4 Å². The van der Waals surface area contributed by atoms with Crippen molar-refractivity contribution in [2.75, 3.05) is 10.0 Å². The minimum atomic E-state index is -0.957. The molecule has 0 aliphatic carbocycles. The smallest absolute Gasteiger partial charge is 0.336 e. The molecule has 0 fully saturated rings. The monoisotopic (exact) mass is 353 g/mol. The lowest BCUT2D eigenvalue weighted by atomic mass is 10.1. The summed E-state index contributed by atoms with van der Waals surface area (Å²) in [6, 6.07) is -1.91. The Kier molecular flexibility index (Phi) is 8.50. The van der Waals surface area contributed by atoms with Gasteiger partial charge in [0.15, 0.2) is 0 Å². The fourth-order valence-electron chi connectivity index (χ4n) is 2.16. The van der Waals surface area contributed by atoms with Crippen LogP contribution in [-0.4, -0.2) is 27.0 Å². The highest BCUT2D eigenvalue weighted by molar-refractivity contribution is 5.89. The second kappa shape index (κ2) is 10.4. The lowest BCUT2D eigenvalue weighted by Crippen LogP contribution is -2.45. The number of urea groups is 2. The molecule has 4 amide bonds. The van der Waals surface area contributed by atoms with Gasteiger partial charge >= 0.3 is 12.1 Å². The van der Waals surface area contributed by atoms with E-state index in [0.717, 1.165) is 19.3 Å². The third-order valence-corrected chi connectivity index (χ3v) is 3.57. The third kappa shape index (κ3) is 6.85. The molecule has 0 aliphatic heterocycles. The standard InChI is InChI=1S/C14H27N9O2/c1-2-3-4-5-6-7-8-9-10-19-13(22(17)11(15)24)21-14(20-10)23(18)12(16)25/h2-9,17-18H2,1H3,(H2,15,24)(H2,16,25). The number of hydrogen-bond acceptors (Lipinski definition) is 7. The second-order valence-electron chi connectivity index (χ2n) is 5.64. The van der Waals surface area contributed by atoms with Gasteiger partial charge in [-0.2, -0.15) is 25.0 Å². The summed E-state index contributed by atoms with van der Waals surface area (Å²) in [6.07, 6.45) is 8.40. The van der Waals surface area contributed by atoms with E-state index in [1.54, 1.807) is 0 Å². The Balaban J connectivity index is 2.76. The van der Waals surface area contributed by atoms with E-state index in [1.807, 2.05) is 0 Å². The van der Waals surface area contributed by atoms with E-state index in [9.17, 15) is 9.59 Å². The third-order valence-electron chi connectivity index (χ3n) is 3.57. The first-order valence-electron chi connectivity index (χ1n) is 8.30. The van der Waals surface area contributed by atoms with Crippen LogP contribution < -0.4 is 33.2 Å². The number of carbonyl (C=O) groups excluding carboxylic acids is 2. The summed E-state index contributed by atoms with van der Waals surface area (Å²) in [5, 5.41) is 1.10. The molecule has 25 heavy (non-hydrogen) atoms. The van der Waals surface area contributed by atoms with Crippen LogP contribution in [0.5, 0.6) is 0 Å². The van der Waals surface area contributed by atoms with Crippen molar-refractivity contribution < 1.29 is 9.59 Å². The molecular formula is C14H27N9O2. The molecule has 0 atom stereocenters. The molecule has 0 bridgehead atoms. The lowest BCUT2D eigenvalue weighted by Gasteiger charge is -2.16. The Morgan fingerprint density at radius 2 is 1.24 bits per heavy atom. The molecule has 0 aliphatic rings. The van der Waals surface area contributed by atoms with Gasteiger partial charge < -0.3 is 11.5 Å². The first-order chi connectivity index (χ1) is 11.9. The molecular weight excluding hydrogens is 326 g/mol. The highest BCUT2D eigenvalue weighted by atomic mass is 16.2. The zero-order valence-electron chi connectivity index (χ0n) is 14.5. The average Bonchev–Trinajstić information content (AvgIpc) is 2.59. The SMILES string of the molecule is CCCCCCCCCc1nc(N(N)C(N)=O)nc(N(N)C(N)=O)n1. The Hall–Kier alpha value is -2.53. The average molecular weight is 353 g/mol. The van der Waals surface area contributed by atoms with Gasteiger partial charge in [0, 0.05) is 6.42 Å². The van der Waals surface area contributed by atoms with Gasteiger partial charge in [0.05, 0.1) is 0 Å². The fraction of sp³-hybridized carbons (Fsp3) is 0.643. The minimum absolute atomic E-state index is 0.202. The predicted octanol–water partition coefficient (Wildman–Crippen LogP) is 0.682. The van der Waals surface area contributed by atoms with Gasteiger partial charge in [-0.05, 0) is 6.42 Å². The summed E-state index contributed by atoms with van der Waals surface area (Å²) >= 11 is 0. The largest absolute Gasteiger partial charge is 0.350 e. The molecule has 140 valence electrons. The number of anilines is 2. The van der Waals surface area contributed by atoms with Crippen LogP contribution in [0, 0.1) is 0 Å². The van der Waals surface area contributed by atoms with Crippen molar-refractivity contribution in [2.24, 2.45) is 23.2 Å². The van der Waals surface area contributed by atoms with E-state index >= 15 is 0 Å². The van der Waals surface area contributed by atoms with E-state index in [0.29, 0.717) is 22.3 Å². The van der Waals surface area contributed by atoms with Crippen molar-refractivity contribution in [1.82, 2.24) is 15.0 Å². The Morgan fingerprint density at radius 1 is 0.800 bits per heavy atom. The molecule has 11 nitrogen and oxygen atoms in total. The number of aromatic nitrogens is 3. The molecule has 0 saturated carbocycles. The van der Waals surface area contributed by atoms with Crippen LogP contribution in [0.25, 0.3) is 0 Å². The van der Waals surface area contributed by atoms with Gasteiger partial charge in [-0.25, -0.2) is 21.3 Å². The van der Waals surface area contributed by atoms with Crippen LogP contribution in [0.4, 0.5) is 21.5 Å². The molecule has 1 rings (SSSR count). The number of amides is 4. The number of unbranched alkanes of at least 4 members (excludes halogenated alkanes) is 6. The second-order valence-corrected chi connectivity index (χ2v) is 5.64. The normalized spacial score (nSPS) is 10.5. The van der Waals surface area contributed by atoms with Crippen molar-refractivity contribution >= 4 is 24.0 Å². The number of hydrazine groups is 2. The van der Waals surface area contributed by atoms with Gasteiger partial charge in [0.25, 0.3) is 11.9 Å². The minimum Gasteiger partial charge on any atom is -0.350 e. The van der Waals surface area contributed by atoms with Crippen LogP contribution >= 0.6 is 0 Å². The maximum Gasteiger partial charge on any atom is 0.336 e. The van der Waals surface area contributed by atoms with E-state index in [1.165, 1.54) is 25.7 Å². The summed E-state index contributed by atoms with van der Waals surface area (Å²) < 4.78 is 0. The Morgan fingerprint density at radius 3 is 1.68 bits per heavy atom. The molecule has 0 aromatic carbocycles. The fourth-order valence-corrected chi connectivity index (χ4v) is 2.16. The molecule has 1 heterocycles. The van der Waals surface area contributed by atoms with Gasteiger partial charge in [-0.15, -0.1) is 0 Å². The summed E-state index contributed by atoms with van der Waals surface area (Å²) in [5.74, 6) is 11.0. The maximum atomic E-state index is 11.2. The van der Waals surface area contributed by atoms with Crippen molar-refractivity contribution in [1.29, 1.82) is 0 Å². The number of primary amides is 2. The molecule has 0 radical (unpaired) electrons. The van der Waals surface area contributed by atoms with E-state index in [-0.39, 0.29) is 11.9 Å². The molecule has 0 spiro atoms. The molecule has 0 saturated heterocycles. The van der Waals surface area contributed by atoms with Crippen LogP contribution in [0.1, 0.15) is 57.7 Å². The van der Waals surface area contributed by atoms with E-state index < -0.39 is 12.1 Å². The zero-order chi connectivity index (χ0) is 18.8. The Bertz CT molecular complexity index is 543. The first kappa shape index (κ1) is 20.5. The zero-order valence-corrected chi connectivity index (χ0v) is 14.5. The van der Waals surface area contributed by atoms with E-state index in [4.69, 9.17) is 23.2 Å². The first-order valence-corrected chi connectivity index (χ1v) is 8.30. The van der Waals surface area contributed by atoms with Crippen molar-refractivity contribution in [3.8, 4) is 0 Å². The van der Waals surface area contributed by atoms with Crippen molar-refractivity contribution in [2.45, 2.75) is 58.3 Å². The molecule has 0 unspecified atom stereocenters. The summed E-state index contributed by atoms with van der Waals surface area (Å²) in [6.45, 7) is 2.18. The van der Waals surface area contributed by atoms with Crippen molar-refractivity contribution in [3.63, 3.8) is 0 Å². The van der Waals surface area contributed by atoms with Crippen LogP contribution in [0.15, 0.2) is 0 Å². The summed E-state index contributed by atoms with van der Waals surface area (Å²) in [4.78, 5) is 34.4. The summed E-state index contributed by atoms with van der Waals surface area (Å²) in [7, 11) is 0. The molecule has 1 aromatic heterocycles. The quantitative estimate of drug-likeness (QED) is 0.206. The number of nitrogens with zero attached hydrogens (tertiary/aromatic N) is 5. The van der Waals surface area contributed by atoms with Gasteiger partial charge in [0.1, 0.15) is 5.82 Å². The summed E-state index contributed by atoms with van der Waals surface area (Å²) in [5.41, 5.74) is 10.2. The number of nitrogens with two attached hydrogens (primary N) is 4. The molecule has 8 N–H and O–H groups in total. The predicted molar refractivity (Wildman–Crippen MR) is 94.0 cm³/mol. The van der Waals surface area contributed by atoms with Gasteiger partial charge in [0.2, 0.25) is 0 Å². The van der Waals surface area contributed by atoms with Crippen molar-refractivity contribution in [3.05, 3.63) is 5.82 Å². The van der Waals surface area contributed by atoms with Crippen LogP contribution in [0.3, 0.4) is 0 Å². The number of rotatable bonds is 10. The van der Waals surface area contributed by atoms with E-state index in [2.05, 4.69) is 21.9 Å². The number of carbonyl (C=O) groups is 2. The Labute approximate surface area is 146 Å². The topological polar surface area (TPSA) is 183 Å². The molecule has 1 aromatic rings. The lowest BCUT2D eigenvalue weighted by molar-refractivity contribution is 0.253. The van der Waals surface area contributed by atoms with Crippen LogP contribution in [0.2, 0.25) is 0 Å². The molecule has 11 heteroatoms. The van der Waals surface area contributed by atoms with Gasteiger partial charge in [-0.3, -0.25) is 0 Å². The number of aryl methyl sites for hydroxylation is 1. The number of hydrogen-bond donors (Lipinski definition) is 4. The highest BCUT2D eigenvalue weighted by Crippen LogP contribution is 2.13. The highest BCUT2D eigenvalue weighted by Gasteiger charge is 2.19. The maximum absolute atomic E-state index is 11.2.